The Morgan fingerprint density at radius 2 is 2.00 bits per heavy atom. The largest absolute Gasteiger partial charge is 0.390 e. The molecule has 2 aliphatic rings. The number of amides is 1. The summed E-state index contributed by atoms with van der Waals surface area (Å²) in [6.45, 7) is 0. The molecule has 3 aromatic rings. The molecule has 1 aromatic carbocycles. The van der Waals surface area contributed by atoms with E-state index in [1.54, 1.807) is 24.5 Å². The van der Waals surface area contributed by atoms with Crippen LogP contribution in [0.1, 0.15) is 42.5 Å². The van der Waals surface area contributed by atoms with Crippen LogP contribution in [0.15, 0.2) is 42.7 Å². The zero-order valence-corrected chi connectivity index (χ0v) is 14.8. The number of halogens is 1. The van der Waals surface area contributed by atoms with Crippen molar-refractivity contribution in [1.29, 1.82) is 0 Å². The molecule has 0 spiro atoms. The van der Waals surface area contributed by atoms with E-state index in [9.17, 15) is 14.3 Å². The number of nitrogens with zero attached hydrogens (tertiary/aromatic N) is 1. The van der Waals surface area contributed by atoms with E-state index in [0.29, 0.717) is 30.5 Å². The minimum atomic E-state index is -0.636. The fraction of sp³-hybridized carbons (Fsp3) is 0.333. The Balaban J connectivity index is 1.43. The third kappa shape index (κ3) is 2.63. The fourth-order valence-electron chi connectivity index (χ4n) is 4.71. The number of fused-ring (bicyclic) bond motifs is 3. The molecule has 0 saturated heterocycles. The van der Waals surface area contributed by atoms with Crippen molar-refractivity contribution >= 4 is 16.8 Å². The van der Waals surface area contributed by atoms with Gasteiger partial charge in [0.2, 0.25) is 0 Å². The first-order chi connectivity index (χ1) is 13.0. The van der Waals surface area contributed by atoms with Gasteiger partial charge in [0.25, 0.3) is 5.91 Å². The predicted molar refractivity (Wildman–Crippen MR) is 99.7 cm³/mol. The molecule has 27 heavy (non-hydrogen) atoms. The lowest BCUT2D eigenvalue weighted by Gasteiger charge is -2.27. The van der Waals surface area contributed by atoms with Crippen LogP contribution < -0.4 is 5.32 Å². The number of benzene rings is 1. The number of rotatable bonds is 3. The minimum Gasteiger partial charge on any atom is -0.390 e. The highest BCUT2D eigenvalue weighted by Crippen LogP contribution is 2.50. The summed E-state index contributed by atoms with van der Waals surface area (Å²) < 4.78 is 14.8. The maximum Gasteiger partial charge on any atom is 0.251 e. The lowest BCUT2D eigenvalue weighted by molar-refractivity contribution is 0.0521. The van der Waals surface area contributed by atoms with Crippen LogP contribution in [0.2, 0.25) is 0 Å². The van der Waals surface area contributed by atoms with Crippen LogP contribution in [-0.4, -0.2) is 32.1 Å². The summed E-state index contributed by atoms with van der Waals surface area (Å²) in [5.41, 5.74) is 1.10. The third-order valence-electron chi connectivity index (χ3n) is 6.15. The van der Waals surface area contributed by atoms with Crippen LogP contribution in [0.25, 0.3) is 22.2 Å². The van der Waals surface area contributed by atoms with Crippen molar-refractivity contribution in [2.24, 2.45) is 0 Å². The molecule has 5 nitrogen and oxygen atoms in total. The van der Waals surface area contributed by atoms with E-state index < -0.39 is 11.4 Å². The van der Waals surface area contributed by atoms with Crippen LogP contribution in [0.5, 0.6) is 0 Å². The van der Waals surface area contributed by atoms with Gasteiger partial charge in [0, 0.05) is 40.0 Å². The van der Waals surface area contributed by atoms with Crippen LogP contribution in [-0.2, 0) is 0 Å². The van der Waals surface area contributed by atoms with Crippen LogP contribution in [0.4, 0.5) is 4.39 Å². The molecule has 2 heterocycles. The molecule has 138 valence electrons. The summed E-state index contributed by atoms with van der Waals surface area (Å²) in [5.74, 6) is -0.768. The van der Waals surface area contributed by atoms with Gasteiger partial charge in [-0.25, -0.2) is 4.39 Å². The average Bonchev–Trinajstić information content (AvgIpc) is 3.33. The Morgan fingerprint density at radius 1 is 1.19 bits per heavy atom. The van der Waals surface area contributed by atoms with Gasteiger partial charge in [0.1, 0.15) is 5.82 Å². The van der Waals surface area contributed by atoms with Crippen molar-refractivity contribution in [2.75, 3.05) is 0 Å². The standard InChI is InChI=1S/C21H20FN3O2/c22-16-11-13(19(26)25-20-5-7-21(27,12-20)8-6-20)1-2-14(16)18-15-3-9-23-17(15)4-10-24-18/h1-4,9-11,23,27H,5-8,12H2,(H,25,26). The van der Waals surface area contributed by atoms with Crippen molar-refractivity contribution < 1.29 is 14.3 Å². The lowest BCUT2D eigenvalue weighted by atomic mass is 9.92. The summed E-state index contributed by atoms with van der Waals surface area (Å²) in [7, 11) is 0. The van der Waals surface area contributed by atoms with Crippen molar-refractivity contribution in [2.45, 2.75) is 43.2 Å². The van der Waals surface area contributed by atoms with E-state index in [1.165, 1.54) is 6.07 Å². The Hall–Kier alpha value is -2.73. The van der Waals surface area contributed by atoms with Gasteiger partial charge >= 0.3 is 0 Å². The minimum absolute atomic E-state index is 0.286. The zero-order valence-electron chi connectivity index (χ0n) is 14.8. The summed E-state index contributed by atoms with van der Waals surface area (Å²) >= 11 is 0. The molecule has 2 saturated carbocycles. The highest BCUT2D eigenvalue weighted by Gasteiger charge is 2.54. The van der Waals surface area contributed by atoms with Gasteiger partial charge in [-0.1, -0.05) is 0 Å². The molecule has 0 aliphatic heterocycles. The fourth-order valence-corrected chi connectivity index (χ4v) is 4.71. The molecule has 2 bridgehead atoms. The molecule has 6 heteroatoms. The van der Waals surface area contributed by atoms with Gasteiger partial charge < -0.3 is 15.4 Å². The van der Waals surface area contributed by atoms with Gasteiger partial charge in [-0.2, -0.15) is 0 Å². The SMILES string of the molecule is O=C(NC12CCC(O)(CC1)C2)c1ccc(-c2nccc3[nH]ccc23)c(F)c1. The van der Waals surface area contributed by atoms with E-state index in [-0.39, 0.29) is 17.0 Å². The number of hydrogen-bond donors (Lipinski definition) is 3. The molecule has 2 aliphatic carbocycles. The number of hydrogen-bond acceptors (Lipinski definition) is 3. The number of aliphatic hydroxyl groups is 1. The van der Waals surface area contributed by atoms with Crippen molar-refractivity contribution in [3.63, 3.8) is 0 Å². The summed E-state index contributed by atoms with van der Waals surface area (Å²) in [6, 6.07) is 8.20. The normalized spacial score (nSPS) is 26.6. The van der Waals surface area contributed by atoms with Gasteiger partial charge in [-0.05, 0) is 62.4 Å². The second-order valence-corrected chi connectivity index (χ2v) is 7.93. The van der Waals surface area contributed by atoms with Gasteiger partial charge in [-0.3, -0.25) is 9.78 Å². The summed E-state index contributed by atoms with van der Waals surface area (Å²) in [6.07, 6.45) is 6.99. The number of nitrogens with one attached hydrogen (secondary N) is 2. The molecule has 5 rings (SSSR count). The van der Waals surface area contributed by atoms with E-state index in [1.807, 2.05) is 12.1 Å². The number of pyridine rings is 1. The average molecular weight is 365 g/mol. The molecular formula is C21H20FN3O2. The van der Waals surface area contributed by atoms with Crippen LogP contribution in [0, 0.1) is 5.82 Å². The van der Waals surface area contributed by atoms with E-state index >= 15 is 0 Å². The first-order valence-corrected chi connectivity index (χ1v) is 9.24. The van der Waals surface area contributed by atoms with Crippen molar-refractivity contribution in [3.8, 4) is 11.3 Å². The third-order valence-corrected chi connectivity index (χ3v) is 6.15. The molecule has 0 unspecified atom stereocenters. The highest BCUT2D eigenvalue weighted by atomic mass is 19.1. The maximum absolute atomic E-state index is 14.8. The first kappa shape index (κ1) is 16.4. The molecule has 2 aromatic heterocycles. The lowest BCUT2D eigenvalue weighted by Crippen LogP contribution is -2.45. The number of carbonyl (C=O) groups excluding carboxylic acids is 1. The molecular weight excluding hydrogens is 345 g/mol. The van der Waals surface area contributed by atoms with E-state index in [2.05, 4.69) is 15.3 Å². The van der Waals surface area contributed by atoms with Crippen LogP contribution in [0.3, 0.4) is 0 Å². The van der Waals surface area contributed by atoms with Crippen molar-refractivity contribution in [3.05, 3.63) is 54.1 Å². The molecule has 2 fully saturated rings. The van der Waals surface area contributed by atoms with Crippen molar-refractivity contribution in [1.82, 2.24) is 15.3 Å². The first-order valence-electron chi connectivity index (χ1n) is 9.24. The monoisotopic (exact) mass is 365 g/mol. The van der Waals surface area contributed by atoms with E-state index in [4.69, 9.17) is 0 Å². The maximum atomic E-state index is 14.8. The highest BCUT2D eigenvalue weighted by molar-refractivity contribution is 5.97. The number of aromatic amines is 1. The van der Waals surface area contributed by atoms with E-state index in [0.717, 1.165) is 23.7 Å². The van der Waals surface area contributed by atoms with Gasteiger partial charge in [0.15, 0.2) is 0 Å². The smallest absolute Gasteiger partial charge is 0.251 e. The Kier molecular flexibility index (Phi) is 3.43. The molecule has 0 atom stereocenters. The Morgan fingerprint density at radius 3 is 2.70 bits per heavy atom. The number of aromatic nitrogens is 2. The van der Waals surface area contributed by atoms with Gasteiger partial charge in [-0.15, -0.1) is 0 Å². The molecule has 0 radical (unpaired) electrons. The second-order valence-electron chi connectivity index (χ2n) is 7.93. The predicted octanol–water partition coefficient (Wildman–Crippen LogP) is 3.55. The Bertz CT molecular complexity index is 1050. The summed E-state index contributed by atoms with van der Waals surface area (Å²) in [4.78, 5) is 20.1. The van der Waals surface area contributed by atoms with Gasteiger partial charge in [0.05, 0.1) is 11.3 Å². The van der Waals surface area contributed by atoms with Crippen LogP contribution >= 0.6 is 0 Å². The second kappa shape index (κ2) is 5.63. The number of carbonyl (C=O) groups is 1. The topological polar surface area (TPSA) is 78.0 Å². The zero-order chi connectivity index (χ0) is 18.6. The summed E-state index contributed by atoms with van der Waals surface area (Å²) in [5, 5.41) is 14.2. The molecule has 3 N–H and O–H groups in total. The quantitative estimate of drug-likeness (QED) is 0.664. The molecule has 1 amide bonds. The Labute approximate surface area is 155 Å². The number of H-pyrrole nitrogens is 1.